The number of pyridine rings is 1. The predicted molar refractivity (Wildman–Crippen MR) is 102 cm³/mol. The normalized spacial score (nSPS) is 16.3. The summed E-state index contributed by atoms with van der Waals surface area (Å²) in [6.45, 7) is 3.31. The summed E-state index contributed by atoms with van der Waals surface area (Å²) in [5.74, 6) is 0.698. The third-order valence-electron chi connectivity index (χ3n) is 4.56. The molecule has 3 heterocycles. The Morgan fingerprint density at radius 1 is 1.22 bits per heavy atom. The predicted octanol–water partition coefficient (Wildman–Crippen LogP) is 3.56. The minimum atomic E-state index is -0.0751. The van der Waals surface area contributed by atoms with Crippen molar-refractivity contribution in [2.24, 2.45) is 0 Å². The van der Waals surface area contributed by atoms with Gasteiger partial charge in [-0.1, -0.05) is 29.8 Å². The second-order valence-corrected chi connectivity index (χ2v) is 6.93. The Bertz CT molecular complexity index is 958. The molecule has 1 unspecified atom stereocenters. The van der Waals surface area contributed by atoms with E-state index in [4.69, 9.17) is 16.3 Å². The fourth-order valence-corrected chi connectivity index (χ4v) is 3.33. The van der Waals surface area contributed by atoms with Crippen LogP contribution in [0.2, 0.25) is 5.02 Å². The van der Waals surface area contributed by atoms with Crippen LogP contribution in [0.15, 0.2) is 54.7 Å². The quantitative estimate of drug-likeness (QED) is 0.677. The van der Waals surface area contributed by atoms with E-state index in [-0.39, 0.29) is 11.9 Å². The number of benzene rings is 1. The number of fused-ring (bicyclic) bond motifs is 1. The van der Waals surface area contributed by atoms with Gasteiger partial charge in [-0.25, -0.2) is 0 Å². The molecular weight excluding hydrogens is 364 g/mol. The molecule has 0 fully saturated rings. The maximum Gasteiger partial charge on any atom is 0.272 e. The van der Waals surface area contributed by atoms with Crippen molar-refractivity contribution in [3.05, 3.63) is 76.8 Å². The molecule has 2 aromatic heterocycles. The van der Waals surface area contributed by atoms with Gasteiger partial charge in [-0.2, -0.15) is 5.10 Å². The molecule has 4 rings (SSSR count). The van der Waals surface area contributed by atoms with Crippen molar-refractivity contribution in [1.29, 1.82) is 0 Å². The Balaban J connectivity index is 1.51. The summed E-state index contributed by atoms with van der Waals surface area (Å²) in [6, 6.07) is 14.9. The SMILES string of the molecule is CC1Cn2nc(COc3ccccc3)cc2C(=O)N1Cc1ncccc1Cl. The van der Waals surface area contributed by atoms with Gasteiger partial charge in [0.2, 0.25) is 0 Å². The Labute approximate surface area is 162 Å². The van der Waals surface area contributed by atoms with Crippen molar-refractivity contribution < 1.29 is 9.53 Å². The van der Waals surface area contributed by atoms with E-state index in [0.717, 1.165) is 11.4 Å². The van der Waals surface area contributed by atoms with Gasteiger partial charge in [-0.05, 0) is 37.3 Å². The summed E-state index contributed by atoms with van der Waals surface area (Å²) in [6.07, 6.45) is 1.68. The first-order chi connectivity index (χ1) is 13.1. The number of aromatic nitrogens is 3. The highest BCUT2D eigenvalue weighted by molar-refractivity contribution is 6.31. The Hall–Kier alpha value is -2.86. The summed E-state index contributed by atoms with van der Waals surface area (Å²) in [7, 11) is 0. The third-order valence-corrected chi connectivity index (χ3v) is 4.91. The molecule has 0 spiro atoms. The molecule has 1 aromatic carbocycles. The molecule has 1 amide bonds. The maximum absolute atomic E-state index is 13.0. The minimum Gasteiger partial charge on any atom is -0.487 e. The molecule has 27 heavy (non-hydrogen) atoms. The van der Waals surface area contributed by atoms with Gasteiger partial charge in [0.15, 0.2) is 0 Å². The number of para-hydroxylation sites is 1. The zero-order valence-corrected chi connectivity index (χ0v) is 15.6. The Morgan fingerprint density at radius 2 is 2.04 bits per heavy atom. The minimum absolute atomic E-state index is 0.00846. The van der Waals surface area contributed by atoms with Crippen LogP contribution in [0.1, 0.15) is 28.8 Å². The van der Waals surface area contributed by atoms with Gasteiger partial charge < -0.3 is 9.64 Å². The number of nitrogens with zero attached hydrogens (tertiary/aromatic N) is 4. The zero-order valence-electron chi connectivity index (χ0n) is 14.9. The average molecular weight is 383 g/mol. The fraction of sp³-hybridized carbons (Fsp3) is 0.250. The first-order valence-electron chi connectivity index (χ1n) is 8.77. The van der Waals surface area contributed by atoms with Gasteiger partial charge in [0, 0.05) is 12.2 Å². The lowest BCUT2D eigenvalue weighted by Gasteiger charge is -2.33. The smallest absolute Gasteiger partial charge is 0.272 e. The van der Waals surface area contributed by atoms with E-state index in [1.54, 1.807) is 34.0 Å². The Kier molecular flexibility index (Phi) is 4.81. The summed E-state index contributed by atoms with van der Waals surface area (Å²) in [4.78, 5) is 19.1. The lowest BCUT2D eigenvalue weighted by Crippen LogP contribution is -2.46. The highest BCUT2D eigenvalue weighted by Gasteiger charge is 2.32. The van der Waals surface area contributed by atoms with E-state index in [1.807, 2.05) is 37.3 Å². The number of carbonyl (C=O) groups is 1. The van der Waals surface area contributed by atoms with Crippen molar-refractivity contribution in [2.45, 2.75) is 32.7 Å². The lowest BCUT2D eigenvalue weighted by atomic mass is 10.1. The molecule has 0 aliphatic carbocycles. The number of carbonyl (C=O) groups excluding carboxylic acids is 1. The first kappa shape index (κ1) is 17.5. The van der Waals surface area contributed by atoms with E-state index in [2.05, 4.69) is 10.1 Å². The van der Waals surface area contributed by atoms with Crippen LogP contribution in [0.4, 0.5) is 0 Å². The molecule has 0 saturated carbocycles. The summed E-state index contributed by atoms with van der Waals surface area (Å²) >= 11 is 6.21. The Morgan fingerprint density at radius 3 is 2.81 bits per heavy atom. The number of rotatable bonds is 5. The largest absolute Gasteiger partial charge is 0.487 e. The molecule has 0 bridgehead atoms. The van der Waals surface area contributed by atoms with Crippen molar-refractivity contribution in [1.82, 2.24) is 19.7 Å². The molecule has 1 aliphatic rings. The summed E-state index contributed by atoms with van der Waals surface area (Å²) in [5.41, 5.74) is 1.99. The second-order valence-electron chi connectivity index (χ2n) is 6.52. The molecular formula is C20H19ClN4O2. The summed E-state index contributed by atoms with van der Waals surface area (Å²) in [5, 5.41) is 5.09. The zero-order chi connectivity index (χ0) is 18.8. The number of hydrogen-bond donors (Lipinski definition) is 0. The van der Waals surface area contributed by atoms with Gasteiger partial charge in [0.05, 0.1) is 23.8 Å². The van der Waals surface area contributed by atoms with E-state index in [1.165, 1.54) is 0 Å². The van der Waals surface area contributed by atoms with E-state index in [0.29, 0.717) is 36.1 Å². The van der Waals surface area contributed by atoms with Crippen molar-refractivity contribution >= 4 is 17.5 Å². The van der Waals surface area contributed by atoms with Gasteiger partial charge in [-0.3, -0.25) is 14.5 Å². The van der Waals surface area contributed by atoms with Gasteiger partial charge in [0.25, 0.3) is 5.91 Å². The van der Waals surface area contributed by atoms with Crippen LogP contribution in [-0.2, 0) is 19.7 Å². The molecule has 138 valence electrons. The molecule has 7 heteroatoms. The van der Waals surface area contributed by atoms with Crippen LogP contribution >= 0.6 is 11.6 Å². The van der Waals surface area contributed by atoms with Crippen LogP contribution in [0, 0.1) is 0 Å². The van der Waals surface area contributed by atoms with Crippen LogP contribution in [0.5, 0.6) is 5.75 Å². The third kappa shape index (κ3) is 3.66. The first-order valence-corrected chi connectivity index (χ1v) is 9.14. The van der Waals surface area contributed by atoms with Crippen molar-refractivity contribution in [2.75, 3.05) is 0 Å². The molecule has 1 aliphatic heterocycles. The van der Waals surface area contributed by atoms with Crippen LogP contribution < -0.4 is 4.74 Å². The maximum atomic E-state index is 13.0. The lowest BCUT2D eigenvalue weighted by molar-refractivity contribution is 0.0581. The van der Waals surface area contributed by atoms with Gasteiger partial charge in [-0.15, -0.1) is 0 Å². The number of hydrogen-bond acceptors (Lipinski definition) is 4. The van der Waals surface area contributed by atoms with E-state index < -0.39 is 0 Å². The van der Waals surface area contributed by atoms with Crippen LogP contribution in [0.3, 0.4) is 0 Å². The number of amides is 1. The van der Waals surface area contributed by atoms with E-state index >= 15 is 0 Å². The molecule has 0 N–H and O–H groups in total. The average Bonchev–Trinajstić information content (AvgIpc) is 3.09. The van der Waals surface area contributed by atoms with E-state index in [9.17, 15) is 4.79 Å². The van der Waals surface area contributed by atoms with Gasteiger partial charge in [0.1, 0.15) is 23.7 Å². The monoisotopic (exact) mass is 382 g/mol. The molecule has 0 radical (unpaired) electrons. The van der Waals surface area contributed by atoms with Crippen LogP contribution in [-0.4, -0.2) is 31.6 Å². The van der Waals surface area contributed by atoms with Crippen molar-refractivity contribution in [3.63, 3.8) is 0 Å². The molecule has 6 nitrogen and oxygen atoms in total. The molecule has 0 saturated heterocycles. The number of ether oxygens (including phenoxy) is 1. The second kappa shape index (κ2) is 7.40. The van der Waals surface area contributed by atoms with Crippen LogP contribution in [0.25, 0.3) is 0 Å². The standard InChI is InChI=1S/C20H19ClN4O2/c1-14-11-25-19(10-15(23-25)13-27-16-6-3-2-4-7-16)20(26)24(14)12-18-17(21)8-5-9-22-18/h2-10,14H,11-13H2,1H3. The topological polar surface area (TPSA) is 60.3 Å². The number of halogens is 1. The van der Waals surface area contributed by atoms with Gasteiger partial charge >= 0.3 is 0 Å². The summed E-state index contributed by atoms with van der Waals surface area (Å²) < 4.78 is 7.50. The molecule has 1 atom stereocenters. The fourth-order valence-electron chi connectivity index (χ4n) is 3.15. The molecule has 3 aromatic rings. The van der Waals surface area contributed by atoms with Crippen molar-refractivity contribution in [3.8, 4) is 5.75 Å². The highest BCUT2D eigenvalue weighted by atomic mass is 35.5. The highest BCUT2D eigenvalue weighted by Crippen LogP contribution is 2.23.